The molecule has 0 N–H and O–H groups in total. The largest absolute Gasteiger partial charge is 0.493 e. The van der Waals surface area contributed by atoms with Crippen LogP contribution in [0.15, 0.2) is 12.1 Å². The minimum atomic E-state index is -5.91. The van der Waals surface area contributed by atoms with Gasteiger partial charge in [-0.1, -0.05) is 0 Å². The highest BCUT2D eigenvalue weighted by atomic mass is 19.4. The molecule has 1 aromatic rings. The molecular formula is C14H14F5NO3. The molecule has 0 radical (unpaired) electrons. The molecule has 23 heavy (non-hydrogen) atoms. The number of halogens is 5. The van der Waals surface area contributed by atoms with Gasteiger partial charge in [-0.25, -0.2) is 0 Å². The maximum Gasteiger partial charge on any atom is 0.463 e. The summed E-state index contributed by atoms with van der Waals surface area (Å²) in [6, 6.07) is 3.09. The summed E-state index contributed by atoms with van der Waals surface area (Å²) in [4.78, 5) is 12.1. The zero-order valence-corrected chi connectivity index (χ0v) is 12.3. The Morgan fingerprint density at radius 2 is 1.57 bits per heavy atom. The van der Waals surface area contributed by atoms with Gasteiger partial charge in [0, 0.05) is 13.1 Å². The molecule has 0 bridgehead atoms. The number of amides is 1. The molecule has 128 valence electrons. The van der Waals surface area contributed by atoms with Gasteiger partial charge in [0.1, 0.15) is 0 Å². The van der Waals surface area contributed by atoms with E-state index in [-0.39, 0.29) is 19.5 Å². The first-order valence-corrected chi connectivity index (χ1v) is 6.59. The van der Waals surface area contributed by atoms with E-state index in [0.717, 1.165) is 0 Å². The maximum absolute atomic E-state index is 13.2. The number of carbonyl (C=O) groups excluding carboxylic acids is 1. The first-order valence-electron chi connectivity index (χ1n) is 6.59. The zero-order valence-electron chi connectivity index (χ0n) is 12.3. The van der Waals surface area contributed by atoms with Crippen molar-refractivity contribution in [3.63, 3.8) is 0 Å². The molecule has 9 heteroatoms. The second kappa shape index (κ2) is 5.86. The van der Waals surface area contributed by atoms with Crippen LogP contribution in [0.25, 0.3) is 0 Å². The second-order valence-corrected chi connectivity index (χ2v) is 5.02. The molecule has 4 nitrogen and oxygen atoms in total. The minimum Gasteiger partial charge on any atom is -0.493 e. The van der Waals surface area contributed by atoms with Crippen molar-refractivity contribution in [1.29, 1.82) is 0 Å². The van der Waals surface area contributed by atoms with E-state index >= 15 is 0 Å². The van der Waals surface area contributed by atoms with Crippen molar-refractivity contribution in [2.24, 2.45) is 0 Å². The highest BCUT2D eigenvalue weighted by Crippen LogP contribution is 2.39. The summed E-state index contributed by atoms with van der Waals surface area (Å²) in [6.45, 7) is -0.576. The number of ether oxygens (including phenoxy) is 2. The van der Waals surface area contributed by atoms with Crippen molar-refractivity contribution in [3.05, 3.63) is 23.3 Å². The Morgan fingerprint density at radius 3 is 2.04 bits per heavy atom. The Bertz CT molecular complexity index is 615. The number of hydrogen-bond acceptors (Lipinski definition) is 3. The highest BCUT2D eigenvalue weighted by molar-refractivity contribution is 5.84. The average molecular weight is 339 g/mol. The van der Waals surface area contributed by atoms with Crippen LogP contribution in [0.4, 0.5) is 22.0 Å². The van der Waals surface area contributed by atoms with Gasteiger partial charge in [-0.2, -0.15) is 22.0 Å². The predicted molar refractivity (Wildman–Crippen MR) is 69.7 cm³/mol. The summed E-state index contributed by atoms with van der Waals surface area (Å²) in [5, 5.41) is 0. The first-order chi connectivity index (χ1) is 10.6. The van der Waals surface area contributed by atoms with E-state index in [1.54, 1.807) is 6.07 Å². The molecule has 0 spiro atoms. The zero-order chi connectivity index (χ0) is 17.4. The lowest BCUT2D eigenvalue weighted by atomic mass is 9.98. The second-order valence-electron chi connectivity index (χ2n) is 5.02. The van der Waals surface area contributed by atoms with Gasteiger partial charge in [0.15, 0.2) is 11.5 Å². The van der Waals surface area contributed by atoms with Crippen molar-refractivity contribution in [2.75, 3.05) is 20.8 Å². The number of rotatable bonds is 3. The van der Waals surface area contributed by atoms with Crippen LogP contribution in [0.1, 0.15) is 11.1 Å². The van der Waals surface area contributed by atoms with Crippen LogP contribution in [0, 0.1) is 0 Å². The third-order valence-corrected chi connectivity index (χ3v) is 3.63. The molecule has 1 aliphatic rings. The molecule has 0 fully saturated rings. The van der Waals surface area contributed by atoms with Crippen LogP contribution in [-0.4, -0.2) is 43.7 Å². The van der Waals surface area contributed by atoms with E-state index < -0.39 is 18.0 Å². The van der Waals surface area contributed by atoms with Crippen molar-refractivity contribution in [1.82, 2.24) is 4.90 Å². The molecule has 1 aromatic carbocycles. The van der Waals surface area contributed by atoms with Gasteiger partial charge in [-0.3, -0.25) is 4.79 Å². The fourth-order valence-corrected chi connectivity index (χ4v) is 2.38. The average Bonchev–Trinajstić information content (AvgIpc) is 2.50. The van der Waals surface area contributed by atoms with E-state index in [1.165, 1.54) is 20.3 Å². The van der Waals surface area contributed by atoms with E-state index in [0.29, 0.717) is 27.5 Å². The summed E-state index contributed by atoms with van der Waals surface area (Å²) in [6.07, 6.45) is -5.77. The minimum absolute atomic E-state index is 0.148. The Balaban J connectivity index is 2.28. The predicted octanol–water partition coefficient (Wildman–Crippen LogP) is 2.79. The third kappa shape index (κ3) is 3.04. The number of carbonyl (C=O) groups is 1. The summed E-state index contributed by atoms with van der Waals surface area (Å²) in [5.41, 5.74) is 1.15. The van der Waals surface area contributed by atoms with E-state index in [1.807, 2.05) is 0 Å². The molecule has 0 aromatic heterocycles. The fourth-order valence-electron chi connectivity index (χ4n) is 2.38. The van der Waals surface area contributed by atoms with Gasteiger partial charge in [-0.05, 0) is 29.7 Å². The van der Waals surface area contributed by atoms with E-state index in [2.05, 4.69) is 0 Å². The highest BCUT2D eigenvalue weighted by Gasteiger charge is 2.64. The Morgan fingerprint density at radius 1 is 1.04 bits per heavy atom. The maximum atomic E-state index is 13.2. The molecule has 0 unspecified atom stereocenters. The SMILES string of the molecule is COc1cc2c(cc1OC)CN(C(=O)C(F)(F)C(F)(F)F)CC2. The van der Waals surface area contributed by atoms with Crippen molar-refractivity contribution in [2.45, 2.75) is 25.1 Å². The van der Waals surface area contributed by atoms with Gasteiger partial charge in [0.25, 0.3) is 0 Å². The number of benzene rings is 1. The molecule has 1 amide bonds. The molecule has 0 aliphatic carbocycles. The van der Waals surface area contributed by atoms with Crippen LogP contribution in [0.2, 0.25) is 0 Å². The summed E-state index contributed by atoms with van der Waals surface area (Å²) < 4.78 is 73.5. The third-order valence-electron chi connectivity index (χ3n) is 3.63. The molecule has 0 saturated heterocycles. The molecule has 0 atom stereocenters. The number of alkyl halides is 5. The molecule has 1 heterocycles. The first kappa shape index (κ1) is 17.3. The van der Waals surface area contributed by atoms with Gasteiger partial charge in [0.05, 0.1) is 14.2 Å². The lowest BCUT2D eigenvalue weighted by molar-refractivity contribution is -0.274. The van der Waals surface area contributed by atoms with Crippen LogP contribution < -0.4 is 9.47 Å². The van der Waals surface area contributed by atoms with Crippen molar-refractivity contribution >= 4 is 5.91 Å². The fraction of sp³-hybridized carbons (Fsp3) is 0.500. The van der Waals surface area contributed by atoms with Crippen molar-refractivity contribution in [3.8, 4) is 11.5 Å². The van der Waals surface area contributed by atoms with Gasteiger partial charge < -0.3 is 14.4 Å². The lowest BCUT2D eigenvalue weighted by Gasteiger charge is -2.32. The van der Waals surface area contributed by atoms with Crippen LogP contribution in [0.3, 0.4) is 0 Å². The lowest BCUT2D eigenvalue weighted by Crippen LogP contribution is -2.53. The van der Waals surface area contributed by atoms with Crippen LogP contribution >= 0.6 is 0 Å². The summed E-state index contributed by atoms with van der Waals surface area (Å²) in [5.74, 6) is -6.92. The van der Waals surface area contributed by atoms with Crippen LogP contribution in [-0.2, 0) is 17.8 Å². The van der Waals surface area contributed by atoms with Gasteiger partial charge >= 0.3 is 18.0 Å². The van der Waals surface area contributed by atoms with Crippen LogP contribution in [0.5, 0.6) is 11.5 Å². The summed E-state index contributed by atoms with van der Waals surface area (Å²) >= 11 is 0. The molecule has 1 aliphatic heterocycles. The number of hydrogen-bond donors (Lipinski definition) is 0. The standard InChI is InChI=1S/C14H14F5NO3/c1-22-10-5-8-3-4-20(7-9(8)6-11(10)23-2)12(21)13(15,16)14(17,18)19/h5-6H,3-4,7H2,1-2H3. The van der Waals surface area contributed by atoms with Crippen molar-refractivity contribution < 1.29 is 36.2 Å². The van der Waals surface area contributed by atoms with Gasteiger partial charge in [0.2, 0.25) is 0 Å². The topological polar surface area (TPSA) is 38.8 Å². The number of nitrogens with zero attached hydrogens (tertiary/aromatic N) is 1. The molecule has 0 saturated carbocycles. The van der Waals surface area contributed by atoms with E-state index in [9.17, 15) is 26.7 Å². The Labute approximate surface area is 128 Å². The summed E-state index contributed by atoms with van der Waals surface area (Å²) in [7, 11) is 2.79. The number of methoxy groups -OCH3 is 2. The Hall–Kier alpha value is -2.06. The molecular weight excluding hydrogens is 325 g/mol. The smallest absolute Gasteiger partial charge is 0.463 e. The Kier molecular flexibility index (Phi) is 4.41. The monoisotopic (exact) mass is 339 g/mol. The van der Waals surface area contributed by atoms with Gasteiger partial charge in [-0.15, -0.1) is 0 Å². The van der Waals surface area contributed by atoms with E-state index in [4.69, 9.17) is 9.47 Å². The quantitative estimate of drug-likeness (QED) is 0.795. The molecule has 2 rings (SSSR count). The number of fused-ring (bicyclic) bond motifs is 1. The normalized spacial score (nSPS) is 15.2.